The highest BCUT2D eigenvalue weighted by Gasteiger charge is 2.27. The summed E-state index contributed by atoms with van der Waals surface area (Å²) in [6.45, 7) is -1.19. The fourth-order valence-electron chi connectivity index (χ4n) is 0.990. The van der Waals surface area contributed by atoms with Gasteiger partial charge in [0.25, 0.3) is 0 Å². The molecule has 0 saturated carbocycles. The van der Waals surface area contributed by atoms with Crippen molar-refractivity contribution in [2.75, 3.05) is 30.5 Å². The summed E-state index contributed by atoms with van der Waals surface area (Å²) in [7, 11) is 0. The number of nitrogen functional groups attached to an aromatic ring is 1. The van der Waals surface area contributed by atoms with E-state index in [1.165, 1.54) is 6.20 Å². The molecule has 18 heavy (non-hydrogen) atoms. The van der Waals surface area contributed by atoms with Gasteiger partial charge in [-0.15, -0.1) is 0 Å². The quantitative estimate of drug-likeness (QED) is 0.417. The Hall–Kier alpha value is -1.13. The lowest BCUT2D eigenvalue weighted by Crippen LogP contribution is -2.20. The molecule has 0 radical (unpaired) electrons. The van der Waals surface area contributed by atoms with Crippen molar-refractivity contribution in [2.24, 2.45) is 5.84 Å². The first-order valence-electron chi connectivity index (χ1n) is 4.80. The molecule has 0 bridgehead atoms. The highest BCUT2D eigenvalue weighted by Crippen LogP contribution is 2.19. The predicted molar refractivity (Wildman–Crippen MR) is 62.9 cm³/mol. The first-order chi connectivity index (χ1) is 8.42. The van der Waals surface area contributed by atoms with E-state index in [-0.39, 0.29) is 19.1 Å². The number of nitrogens with one attached hydrogen (secondary N) is 2. The summed E-state index contributed by atoms with van der Waals surface area (Å²) >= 11 is 3.18. The minimum Gasteiger partial charge on any atom is -0.370 e. The molecular formula is C8H11BrF3N5O. The molecule has 0 aromatic carbocycles. The molecule has 1 aromatic rings. The summed E-state index contributed by atoms with van der Waals surface area (Å²) in [6.07, 6.45) is -2.85. The van der Waals surface area contributed by atoms with E-state index in [4.69, 9.17) is 5.84 Å². The Bertz CT molecular complexity index is 389. The van der Waals surface area contributed by atoms with Crippen LogP contribution in [-0.4, -0.2) is 35.9 Å². The van der Waals surface area contributed by atoms with Crippen LogP contribution in [0.25, 0.3) is 0 Å². The number of halogens is 4. The molecule has 1 heterocycles. The first-order valence-corrected chi connectivity index (χ1v) is 5.59. The Labute approximate surface area is 109 Å². The van der Waals surface area contributed by atoms with Gasteiger partial charge in [0.1, 0.15) is 12.4 Å². The zero-order valence-electron chi connectivity index (χ0n) is 9.09. The minimum atomic E-state index is -4.31. The number of nitrogens with zero attached hydrogens (tertiary/aromatic N) is 2. The number of ether oxygens (including phenoxy) is 1. The molecule has 10 heteroatoms. The molecule has 0 spiro atoms. The van der Waals surface area contributed by atoms with E-state index in [0.29, 0.717) is 10.3 Å². The highest BCUT2D eigenvalue weighted by atomic mass is 79.9. The number of rotatable bonds is 6. The van der Waals surface area contributed by atoms with Crippen LogP contribution in [0, 0.1) is 0 Å². The normalized spacial score (nSPS) is 11.4. The second-order valence-corrected chi connectivity index (χ2v) is 3.98. The van der Waals surface area contributed by atoms with Gasteiger partial charge in [0.05, 0.1) is 11.1 Å². The maximum Gasteiger partial charge on any atom is 0.411 e. The fourth-order valence-corrected chi connectivity index (χ4v) is 1.32. The number of alkyl halides is 3. The Balaban J connectivity index is 2.35. The minimum absolute atomic E-state index is 0.0959. The van der Waals surface area contributed by atoms with Crippen LogP contribution in [0.15, 0.2) is 10.7 Å². The monoisotopic (exact) mass is 329 g/mol. The first kappa shape index (κ1) is 14.9. The van der Waals surface area contributed by atoms with E-state index in [1.54, 1.807) is 0 Å². The predicted octanol–water partition coefficient (Wildman–Crippen LogP) is 1.52. The average Bonchev–Trinajstić information content (AvgIpc) is 2.29. The molecule has 0 amide bonds. The van der Waals surface area contributed by atoms with Gasteiger partial charge in [0, 0.05) is 12.7 Å². The summed E-state index contributed by atoms with van der Waals surface area (Å²) in [4.78, 5) is 7.77. The molecule has 6 nitrogen and oxygen atoms in total. The number of nitrogens with two attached hydrogens (primary N) is 1. The number of aromatic nitrogens is 2. The molecule has 0 fully saturated rings. The van der Waals surface area contributed by atoms with Crippen molar-refractivity contribution in [3.8, 4) is 0 Å². The van der Waals surface area contributed by atoms with Crippen LogP contribution in [0.3, 0.4) is 0 Å². The van der Waals surface area contributed by atoms with Crippen molar-refractivity contribution in [3.63, 3.8) is 0 Å². The maximum atomic E-state index is 11.8. The van der Waals surface area contributed by atoms with Crippen molar-refractivity contribution in [1.82, 2.24) is 9.97 Å². The van der Waals surface area contributed by atoms with Crippen LogP contribution in [0.1, 0.15) is 0 Å². The van der Waals surface area contributed by atoms with Crippen LogP contribution >= 0.6 is 15.9 Å². The van der Waals surface area contributed by atoms with Crippen LogP contribution < -0.4 is 16.6 Å². The van der Waals surface area contributed by atoms with Crippen LogP contribution in [-0.2, 0) is 4.74 Å². The molecule has 0 atom stereocenters. The molecule has 4 N–H and O–H groups in total. The van der Waals surface area contributed by atoms with Gasteiger partial charge in [0.2, 0.25) is 5.95 Å². The van der Waals surface area contributed by atoms with E-state index in [9.17, 15) is 13.2 Å². The zero-order valence-corrected chi connectivity index (χ0v) is 10.7. The van der Waals surface area contributed by atoms with Gasteiger partial charge in [-0.25, -0.2) is 10.8 Å². The van der Waals surface area contributed by atoms with E-state index in [1.807, 2.05) is 0 Å². The standard InChI is InChI=1S/C8H11BrF3N5O/c9-5-3-15-7(17-13)16-6(5)14-1-2-18-4-8(10,11)12/h3H,1-2,4,13H2,(H2,14,15,16,17). The third-order valence-electron chi connectivity index (χ3n) is 1.68. The SMILES string of the molecule is NNc1ncc(Br)c(NCCOCC(F)(F)F)n1. The topological polar surface area (TPSA) is 85.1 Å². The number of hydrogen-bond donors (Lipinski definition) is 3. The summed E-state index contributed by atoms with van der Waals surface area (Å²) in [5, 5.41) is 2.79. The Kier molecular flexibility index (Phi) is 5.56. The molecule has 0 aliphatic rings. The van der Waals surface area contributed by atoms with Crippen molar-refractivity contribution in [2.45, 2.75) is 6.18 Å². The van der Waals surface area contributed by atoms with Gasteiger partial charge in [-0.05, 0) is 15.9 Å². The third-order valence-corrected chi connectivity index (χ3v) is 2.26. The van der Waals surface area contributed by atoms with Gasteiger partial charge in [0.15, 0.2) is 0 Å². The van der Waals surface area contributed by atoms with Crippen LogP contribution in [0.4, 0.5) is 24.9 Å². The average molecular weight is 330 g/mol. The lowest BCUT2D eigenvalue weighted by molar-refractivity contribution is -0.172. The second-order valence-electron chi connectivity index (χ2n) is 3.13. The molecule has 0 saturated heterocycles. The van der Waals surface area contributed by atoms with Crippen LogP contribution in [0.5, 0.6) is 0 Å². The van der Waals surface area contributed by atoms with E-state index in [0.717, 1.165) is 0 Å². The molecule has 102 valence electrons. The molecule has 0 unspecified atom stereocenters. The van der Waals surface area contributed by atoms with E-state index >= 15 is 0 Å². The molecule has 0 aliphatic heterocycles. The summed E-state index contributed by atoms with van der Waals surface area (Å²) in [5.74, 6) is 5.73. The van der Waals surface area contributed by atoms with Gasteiger partial charge in [-0.2, -0.15) is 18.2 Å². The van der Waals surface area contributed by atoms with Gasteiger partial charge < -0.3 is 10.1 Å². The van der Waals surface area contributed by atoms with Crippen molar-refractivity contribution >= 4 is 27.7 Å². The summed E-state index contributed by atoms with van der Waals surface area (Å²) < 4.78 is 40.3. The lowest BCUT2D eigenvalue weighted by Gasteiger charge is -2.10. The lowest BCUT2D eigenvalue weighted by atomic mass is 10.5. The number of anilines is 2. The largest absolute Gasteiger partial charge is 0.411 e. The molecule has 0 aliphatic carbocycles. The Morgan fingerprint density at radius 2 is 2.17 bits per heavy atom. The summed E-state index contributed by atoms with van der Waals surface area (Å²) in [5.41, 5.74) is 2.25. The fraction of sp³-hybridized carbons (Fsp3) is 0.500. The van der Waals surface area contributed by atoms with Gasteiger partial charge >= 0.3 is 6.18 Å². The maximum absolute atomic E-state index is 11.8. The number of hydrazine groups is 1. The second kappa shape index (κ2) is 6.71. The summed E-state index contributed by atoms with van der Waals surface area (Å²) in [6, 6.07) is 0. The van der Waals surface area contributed by atoms with Gasteiger partial charge in [-0.1, -0.05) is 0 Å². The highest BCUT2D eigenvalue weighted by molar-refractivity contribution is 9.10. The third kappa shape index (κ3) is 5.47. The van der Waals surface area contributed by atoms with E-state index < -0.39 is 12.8 Å². The Morgan fingerprint density at radius 3 is 2.78 bits per heavy atom. The molecular weight excluding hydrogens is 319 g/mol. The zero-order chi connectivity index (χ0) is 13.6. The van der Waals surface area contributed by atoms with Crippen molar-refractivity contribution in [3.05, 3.63) is 10.7 Å². The number of hydrogen-bond acceptors (Lipinski definition) is 6. The van der Waals surface area contributed by atoms with Gasteiger partial charge in [-0.3, -0.25) is 5.43 Å². The van der Waals surface area contributed by atoms with Crippen molar-refractivity contribution in [1.29, 1.82) is 0 Å². The van der Waals surface area contributed by atoms with Crippen molar-refractivity contribution < 1.29 is 17.9 Å². The molecule has 1 rings (SSSR count). The van der Waals surface area contributed by atoms with E-state index in [2.05, 4.69) is 41.4 Å². The molecule has 1 aromatic heterocycles. The van der Waals surface area contributed by atoms with Crippen LogP contribution in [0.2, 0.25) is 0 Å². The Morgan fingerprint density at radius 1 is 1.44 bits per heavy atom. The smallest absolute Gasteiger partial charge is 0.370 e.